The van der Waals surface area contributed by atoms with Crippen LogP contribution in [0.5, 0.6) is 0 Å². The Hall–Kier alpha value is -1.30. The summed E-state index contributed by atoms with van der Waals surface area (Å²) in [6.07, 6.45) is 7.88. The van der Waals surface area contributed by atoms with E-state index in [0.717, 1.165) is 58.5 Å². The number of hydrogen-bond acceptors (Lipinski definition) is 4. The van der Waals surface area contributed by atoms with Gasteiger partial charge in [-0.25, -0.2) is 4.79 Å². The topological polar surface area (TPSA) is 53.1 Å². The van der Waals surface area contributed by atoms with Gasteiger partial charge in [-0.15, -0.1) is 0 Å². The zero-order valence-electron chi connectivity index (χ0n) is 15.6. The fraction of sp³-hybridized carbons (Fsp3) is 0.895. The van der Waals surface area contributed by atoms with Gasteiger partial charge in [0, 0.05) is 51.7 Å². The van der Waals surface area contributed by atoms with Gasteiger partial charge in [0.25, 0.3) is 0 Å². The summed E-state index contributed by atoms with van der Waals surface area (Å²) >= 11 is 0. The van der Waals surface area contributed by atoms with E-state index in [1.165, 1.54) is 25.7 Å². The Bertz CT molecular complexity index is 457. The minimum absolute atomic E-state index is 0.195. The normalized spacial score (nSPS) is 26.0. The van der Waals surface area contributed by atoms with E-state index in [0.29, 0.717) is 24.5 Å². The van der Waals surface area contributed by atoms with E-state index in [2.05, 4.69) is 9.80 Å². The molecule has 0 radical (unpaired) electrons. The molecule has 2 saturated heterocycles. The molecule has 0 aromatic rings. The van der Waals surface area contributed by atoms with E-state index in [1.54, 1.807) is 4.90 Å². The maximum atomic E-state index is 12.6. The molecule has 1 saturated carbocycles. The van der Waals surface area contributed by atoms with Crippen LogP contribution in [-0.2, 0) is 9.53 Å². The second kappa shape index (κ2) is 8.88. The molecule has 0 unspecified atom stereocenters. The number of likely N-dealkylation sites (tertiary alicyclic amines) is 1. The fourth-order valence-corrected chi connectivity index (χ4v) is 4.55. The van der Waals surface area contributed by atoms with Crippen LogP contribution in [0.15, 0.2) is 0 Å². The predicted molar refractivity (Wildman–Crippen MR) is 96.3 cm³/mol. The van der Waals surface area contributed by atoms with Crippen LogP contribution >= 0.6 is 0 Å². The lowest BCUT2D eigenvalue weighted by atomic mass is 9.99. The first-order valence-electron chi connectivity index (χ1n) is 10.1. The second-order valence-electron chi connectivity index (χ2n) is 7.71. The smallest absolute Gasteiger partial charge is 0.409 e. The number of piperidine rings is 1. The van der Waals surface area contributed by atoms with Crippen molar-refractivity contribution in [3.8, 4) is 0 Å². The number of carbonyl (C=O) groups is 2. The van der Waals surface area contributed by atoms with Crippen molar-refractivity contribution >= 4 is 12.0 Å². The molecule has 0 aromatic heterocycles. The molecule has 2 aliphatic heterocycles. The molecule has 3 fully saturated rings. The minimum atomic E-state index is -0.195. The molecule has 6 heteroatoms. The number of nitrogens with zero attached hydrogens (tertiary/aromatic N) is 3. The highest BCUT2D eigenvalue weighted by Gasteiger charge is 2.32. The first kappa shape index (κ1) is 18.5. The van der Waals surface area contributed by atoms with Gasteiger partial charge in [0.1, 0.15) is 0 Å². The molecule has 6 nitrogen and oxygen atoms in total. The van der Waals surface area contributed by atoms with Crippen molar-refractivity contribution in [3.05, 3.63) is 0 Å². The Morgan fingerprint density at radius 1 is 0.920 bits per heavy atom. The second-order valence-corrected chi connectivity index (χ2v) is 7.71. The van der Waals surface area contributed by atoms with E-state index in [-0.39, 0.29) is 6.09 Å². The lowest BCUT2D eigenvalue weighted by Gasteiger charge is -2.43. The standard InChI is InChI=1S/C19H33N3O3/c1-2-25-19(24)21-12-10-20(11-13-21)17-8-5-9-22(15-17)18(23)14-16-6-3-4-7-16/h16-17H,2-15H2,1H3/t17-/m0/s1. The Morgan fingerprint density at radius 2 is 1.64 bits per heavy atom. The Labute approximate surface area is 151 Å². The SMILES string of the molecule is CCOC(=O)N1CCN([C@H]2CCCN(C(=O)CC3CCCC3)C2)CC1. The van der Waals surface area contributed by atoms with Gasteiger partial charge in [0.2, 0.25) is 5.91 Å². The summed E-state index contributed by atoms with van der Waals surface area (Å²) in [5.74, 6) is 0.989. The molecule has 2 heterocycles. The van der Waals surface area contributed by atoms with Crippen molar-refractivity contribution in [2.45, 2.75) is 57.9 Å². The van der Waals surface area contributed by atoms with Gasteiger partial charge in [0.15, 0.2) is 0 Å². The fourth-order valence-electron chi connectivity index (χ4n) is 4.55. The van der Waals surface area contributed by atoms with Crippen molar-refractivity contribution in [2.75, 3.05) is 45.9 Å². The molecule has 25 heavy (non-hydrogen) atoms. The Kier molecular flexibility index (Phi) is 6.57. The van der Waals surface area contributed by atoms with Crippen LogP contribution in [0.1, 0.15) is 51.9 Å². The first-order valence-corrected chi connectivity index (χ1v) is 10.1. The van der Waals surface area contributed by atoms with E-state index in [4.69, 9.17) is 4.74 Å². The van der Waals surface area contributed by atoms with Crippen LogP contribution < -0.4 is 0 Å². The lowest BCUT2D eigenvalue weighted by Crippen LogP contribution is -2.56. The number of carbonyl (C=O) groups excluding carboxylic acids is 2. The van der Waals surface area contributed by atoms with E-state index in [1.807, 2.05) is 6.92 Å². The zero-order chi connectivity index (χ0) is 17.6. The summed E-state index contributed by atoms with van der Waals surface area (Å²) in [6, 6.07) is 0.450. The third-order valence-electron chi connectivity index (χ3n) is 6.04. The maximum Gasteiger partial charge on any atom is 0.409 e. The first-order chi connectivity index (χ1) is 12.2. The van der Waals surface area contributed by atoms with Crippen LogP contribution in [0.3, 0.4) is 0 Å². The quantitative estimate of drug-likeness (QED) is 0.780. The van der Waals surface area contributed by atoms with Crippen molar-refractivity contribution in [1.29, 1.82) is 0 Å². The van der Waals surface area contributed by atoms with Crippen molar-refractivity contribution in [2.24, 2.45) is 5.92 Å². The van der Waals surface area contributed by atoms with Gasteiger partial charge >= 0.3 is 6.09 Å². The predicted octanol–water partition coefficient (Wildman–Crippen LogP) is 2.33. The highest BCUT2D eigenvalue weighted by molar-refractivity contribution is 5.76. The maximum absolute atomic E-state index is 12.6. The summed E-state index contributed by atoms with van der Waals surface area (Å²) in [6.45, 7) is 7.28. The van der Waals surface area contributed by atoms with Crippen molar-refractivity contribution < 1.29 is 14.3 Å². The van der Waals surface area contributed by atoms with Gasteiger partial charge in [0.05, 0.1) is 6.61 Å². The highest BCUT2D eigenvalue weighted by atomic mass is 16.6. The van der Waals surface area contributed by atoms with Gasteiger partial charge < -0.3 is 14.5 Å². The number of piperazine rings is 1. The van der Waals surface area contributed by atoms with Crippen molar-refractivity contribution in [1.82, 2.24) is 14.7 Å². The molecule has 0 bridgehead atoms. The van der Waals surface area contributed by atoms with Crippen LogP contribution in [-0.4, -0.2) is 78.6 Å². The number of amides is 2. The number of ether oxygens (including phenoxy) is 1. The number of rotatable bonds is 4. The third kappa shape index (κ3) is 4.87. The number of hydrogen-bond donors (Lipinski definition) is 0. The highest BCUT2D eigenvalue weighted by Crippen LogP contribution is 2.29. The van der Waals surface area contributed by atoms with E-state index < -0.39 is 0 Å². The summed E-state index contributed by atoms with van der Waals surface area (Å²) < 4.78 is 5.09. The van der Waals surface area contributed by atoms with Crippen molar-refractivity contribution in [3.63, 3.8) is 0 Å². The lowest BCUT2D eigenvalue weighted by molar-refractivity contribution is -0.134. The van der Waals surface area contributed by atoms with Gasteiger partial charge in [-0.2, -0.15) is 0 Å². The molecule has 3 aliphatic rings. The van der Waals surface area contributed by atoms with Crippen LogP contribution in [0.2, 0.25) is 0 Å². The summed E-state index contributed by atoms with van der Waals surface area (Å²) in [5.41, 5.74) is 0. The molecule has 0 aromatic carbocycles. The van der Waals surface area contributed by atoms with Crippen LogP contribution in [0.25, 0.3) is 0 Å². The zero-order valence-corrected chi connectivity index (χ0v) is 15.6. The van der Waals surface area contributed by atoms with Gasteiger partial charge in [-0.05, 0) is 38.5 Å². The minimum Gasteiger partial charge on any atom is -0.450 e. The van der Waals surface area contributed by atoms with E-state index >= 15 is 0 Å². The largest absolute Gasteiger partial charge is 0.450 e. The monoisotopic (exact) mass is 351 g/mol. The summed E-state index contributed by atoms with van der Waals surface area (Å²) in [5, 5.41) is 0. The third-order valence-corrected chi connectivity index (χ3v) is 6.04. The molecule has 0 spiro atoms. The molecule has 142 valence electrons. The molecular weight excluding hydrogens is 318 g/mol. The summed E-state index contributed by atoms with van der Waals surface area (Å²) in [4.78, 5) is 30.8. The Balaban J connectivity index is 1.45. The summed E-state index contributed by atoms with van der Waals surface area (Å²) in [7, 11) is 0. The molecule has 2 amide bonds. The molecule has 3 rings (SSSR count). The molecule has 1 atom stereocenters. The van der Waals surface area contributed by atoms with E-state index in [9.17, 15) is 9.59 Å². The molecule has 1 aliphatic carbocycles. The van der Waals surface area contributed by atoms with Gasteiger partial charge in [-0.1, -0.05) is 12.8 Å². The molecular formula is C19H33N3O3. The van der Waals surface area contributed by atoms with Crippen LogP contribution in [0, 0.1) is 5.92 Å². The average molecular weight is 351 g/mol. The van der Waals surface area contributed by atoms with Gasteiger partial charge in [-0.3, -0.25) is 9.69 Å². The van der Waals surface area contributed by atoms with Crippen LogP contribution in [0.4, 0.5) is 4.79 Å². The average Bonchev–Trinajstić information content (AvgIpc) is 3.15. The Morgan fingerprint density at radius 3 is 2.32 bits per heavy atom. The molecule has 0 N–H and O–H groups in total.